The van der Waals surface area contributed by atoms with Gasteiger partial charge in [-0.15, -0.1) is 0 Å². The molecule has 0 radical (unpaired) electrons. The summed E-state index contributed by atoms with van der Waals surface area (Å²) < 4.78 is 0. The summed E-state index contributed by atoms with van der Waals surface area (Å²) >= 11 is 0. The van der Waals surface area contributed by atoms with Crippen molar-refractivity contribution in [1.82, 2.24) is 4.98 Å². The fourth-order valence-electron chi connectivity index (χ4n) is 3.32. The van der Waals surface area contributed by atoms with Gasteiger partial charge in [0.25, 0.3) is 0 Å². The summed E-state index contributed by atoms with van der Waals surface area (Å²) in [5, 5.41) is 14.1. The molecule has 1 heterocycles. The normalized spacial score (nSPS) is 22.3. The molecule has 0 aliphatic heterocycles. The SMILES string of the molecule is Cc1ccc2nccc(NC3CCCC3CCO)c2c1. The molecular weight excluding hydrogens is 248 g/mol. The summed E-state index contributed by atoms with van der Waals surface area (Å²) in [7, 11) is 0. The third kappa shape index (κ3) is 2.63. The van der Waals surface area contributed by atoms with Crippen molar-refractivity contribution in [2.45, 2.75) is 38.6 Å². The number of anilines is 1. The smallest absolute Gasteiger partial charge is 0.0722 e. The van der Waals surface area contributed by atoms with Gasteiger partial charge in [-0.1, -0.05) is 18.1 Å². The number of rotatable bonds is 4. The second-order valence-electron chi connectivity index (χ2n) is 5.83. The van der Waals surface area contributed by atoms with Crippen LogP contribution in [0.3, 0.4) is 0 Å². The summed E-state index contributed by atoms with van der Waals surface area (Å²) in [6.07, 6.45) is 6.45. The Balaban J connectivity index is 1.88. The van der Waals surface area contributed by atoms with E-state index in [1.165, 1.54) is 35.9 Å². The molecule has 2 aromatic rings. The molecule has 3 rings (SSSR count). The molecule has 2 N–H and O–H groups in total. The van der Waals surface area contributed by atoms with Crippen molar-refractivity contribution in [2.75, 3.05) is 11.9 Å². The van der Waals surface area contributed by atoms with Gasteiger partial charge in [0.1, 0.15) is 0 Å². The Bertz CT molecular complexity index is 597. The lowest BCUT2D eigenvalue weighted by Gasteiger charge is -2.22. The van der Waals surface area contributed by atoms with E-state index >= 15 is 0 Å². The monoisotopic (exact) mass is 270 g/mol. The summed E-state index contributed by atoms with van der Waals surface area (Å²) in [6.45, 7) is 2.40. The van der Waals surface area contributed by atoms with Crippen molar-refractivity contribution in [2.24, 2.45) is 5.92 Å². The van der Waals surface area contributed by atoms with Crippen molar-refractivity contribution in [1.29, 1.82) is 0 Å². The molecule has 0 amide bonds. The zero-order valence-corrected chi connectivity index (χ0v) is 12.0. The summed E-state index contributed by atoms with van der Waals surface area (Å²) in [5.74, 6) is 0.591. The van der Waals surface area contributed by atoms with Crippen LogP contribution in [0.4, 0.5) is 5.69 Å². The Kier molecular flexibility index (Phi) is 3.88. The van der Waals surface area contributed by atoms with Crippen molar-refractivity contribution in [3.05, 3.63) is 36.0 Å². The molecule has 1 aliphatic rings. The van der Waals surface area contributed by atoms with Gasteiger partial charge < -0.3 is 10.4 Å². The standard InChI is InChI=1S/C17H22N2O/c1-12-5-6-16-14(11-12)17(7-9-18-16)19-15-4-2-3-13(15)8-10-20/h5-7,9,11,13,15,20H,2-4,8,10H2,1H3,(H,18,19). The number of nitrogens with one attached hydrogen (secondary N) is 1. The zero-order valence-electron chi connectivity index (χ0n) is 12.0. The minimum atomic E-state index is 0.291. The first-order valence-electron chi connectivity index (χ1n) is 7.50. The molecule has 3 nitrogen and oxygen atoms in total. The van der Waals surface area contributed by atoms with E-state index in [9.17, 15) is 5.11 Å². The van der Waals surface area contributed by atoms with Gasteiger partial charge in [-0.3, -0.25) is 4.98 Å². The number of aryl methyl sites for hydroxylation is 1. The Hall–Kier alpha value is -1.61. The van der Waals surface area contributed by atoms with Gasteiger partial charge in [0.2, 0.25) is 0 Å². The van der Waals surface area contributed by atoms with Crippen molar-refractivity contribution < 1.29 is 5.11 Å². The van der Waals surface area contributed by atoms with Crippen LogP contribution in [-0.2, 0) is 0 Å². The summed E-state index contributed by atoms with van der Waals surface area (Å²) in [5.41, 5.74) is 3.47. The molecule has 1 aliphatic carbocycles. The maximum absolute atomic E-state index is 9.18. The number of pyridine rings is 1. The number of benzene rings is 1. The molecule has 20 heavy (non-hydrogen) atoms. The van der Waals surface area contributed by atoms with Gasteiger partial charge in [-0.25, -0.2) is 0 Å². The van der Waals surface area contributed by atoms with Gasteiger partial charge in [0, 0.05) is 29.9 Å². The summed E-state index contributed by atoms with van der Waals surface area (Å²) in [6, 6.07) is 8.92. The van der Waals surface area contributed by atoms with Crippen LogP contribution in [0.2, 0.25) is 0 Å². The van der Waals surface area contributed by atoms with Crippen LogP contribution < -0.4 is 5.32 Å². The first kappa shape index (κ1) is 13.4. The number of hydrogen-bond acceptors (Lipinski definition) is 3. The van der Waals surface area contributed by atoms with Crippen molar-refractivity contribution in [3.63, 3.8) is 0 Å². The van der Waals surface area contributed by atoms with Crippen LogP contribution in [0, 0.1) is 12.8 Å². The molecule has 3 heteroatoms. The lowest BCUT2D eigenvalue weighted by atomic mass is 9.99. The second-order valence-corrected chi connectivity index (χ2v) is 5.83. The van der Waals surface area contributed by atoms with Crippen LogP contribution in [0.1, 0.15) is 31.2 Å². The molecule has 1 aromatic heterocycles. The highest BCUT2D eigenvalue weighted by Gasteiger charge is 2.26. The molecule has 2 atom stereocenters. The van der Waals surface area contributed by atoms with E-state index in [4.69, 9.17) is 0 Å². The zero-order chi connectivity index (χ0) is 13.9. The molecule has 0 bridgehead atoms. The van der Waals surface area contributed by atoms with Crippen LogP contribution >= 0.6 is 0 Å². The maximum Gasteiger partial charge on any atom is 0.0722 e. The Labute approximate surface area is 120 Å². The third-order valence-electron chi connectivity index (χ3n) is 4.40. The van der Waals surface area contributed by atoms with Gasteiger partial charge in [0.15, 0.2) is 0 Å². The lowest BCUT2D eigenvalue weighted by molar-refractivity contribution is 0.254. The van der Waals surface area contributed by atoms with Crippen LogP contribution in [0.25, 0.3) is 10.9 Å². The van der Waals surface area contributed by atoms with Gasteiger partial charge in [-0.05, 0) is 50.3 Å². The van der Waals surface area contributed by atoms with Crippen molar-refractivity contribution in [3.8, 4) is 0 Å². The van der Waals surface area contributed by atoms with E-state index in [2.05, 4.69) is 41.5 Å². The molecule has 106 valence electrons. The number of hydrogen-bond donors (Lipinski definition) is 2. The fraction of sp³-hybridized carbons (Fsp3) is 0.471. The van der Waals surface area contributed by atoms with E-state index in [1.54, 1.807) is 0 Å². The predicted octanol–water partition coefficient (Wildman–Crippen LogP) is 3.51. The average molecular weight is 270 g/mol. The first-order chi connectivity index (χ1) is 9.78. The minimum Gasteiger partial charge on any atom is -0.396 e. The van der Waals surface area contributed by atoms with Gasteiger partial charge >= 0.3 is 0 Å². The highest BCUT2D eigenvalue weighted by molar-refractivity contribution is 5.91. The molecule has 0 spiro atoms. The predicted molar refractivity (Wildman–Crippen MR) is 82.9 cm³/mol. The van der Waals surface area contributed by atoms with Crippen LogP contribution in [0.15, 0.2) is 30.5 Å². The van der Waals surface area contributed by atoms with Crippen LogP contribution in [0.5, 0.6) is 0 Å². The Morgan fingerprint density at radius 1 is 1.30 bits per heavy atom. The number of aromatic nitrogens is 1. The van der Waals surface area contributed by atoms with E-state index in [1.807, 2.05) is 6.20 Å². The van der Waals surface area contributed by atoms with Gasteiger partial charge in [-0.2, -0.15) is 0 Å². The van der Waals surface area contributed by atoms with E-state index in [0.717, 1.165) is 11.9 Å². The largest absolute Gasteiger partial charge is 0.396 e. The Morgan fingerprint density at radius 2 is 2.20 bits per heavy atom. The highest BCUT2D eigenvalue weighted by Crippen LogP contribution is 2.32. The van der Waals surface area contributed by atoms with E-state index < -0.39 is 0 Å². The number of nitrogens with zero attached hydrogens (tertiary/aromatic N) is 1. The number of aliphatic hydroxyl groups excluding tert-OH is 1. The van der Waals surface area contributed by atoms with E-state index in [0.29, 0.717) is 18.6 Å². The lowest BCUT2D eigenvalue weighted by Crippen LogP contribution is -2.24. The quantitative estimate of drug-likeness (QED) is 0.893. The molecule has 0 saturated heterocycles. The second kappa shape index (κ2) is 5.80. The average Bonchev–Trinajstić information content (AvgIpc) is 2.87. The Morgan fingerprint density at radius 3 is 3.05 bits per heavy atom. The molecule has 1 saturated carbocycles. The molecule has 2 unspecified atom stereocenters. The third-order valence-corrected chi connectivity index (χ3v) is 4.40. The number of fused-ring (bicyclic) bond motifs is 1. The maximum atomic E-state index is 9.18. The minimum absolute atomic E-state index is 0.291. The van der Waals surface area contributed by atoms with Gasteiger partial charge in [0.05, 0.1) is 5.52 Å². The van der Waals surface area contributed by atoms with E-state index in [-0.39, 0.29) is 0 Å². The molecule has 1 fully saturated rings. The number of aliphatic hydroxyl groups is 1. The topological polar surface area (TPSA) is 45.2 Å². The molecular formula is C17H22N2O. The van der Waals surface area contributed by atoms with Crippen molar-refractivity contribution >= 4 is 16.6 Å². The molecule has 1 aromatic carbocycles. The summed E-state index contributed by atoms with van der Waals surface area (Å²) in [4.78, 5) is 4.43. The highest BCUT2D eigenvalue weighted by atomic mass is 16.3. The first-order valence-corrected chi connectivity index (χ1v) is 7.50. The van der Waals surface area contributed by atoms with Crippen LogP contribution in [-0.4, -0.2) is 22.7 Å². The fourth-order valence-corrected chi connectivity index (χ4v) is 3.32.